The first-order valence-corrected chi connectivity index (χ1v) is 6.43. The van der Waals surface area contributed by atoms with Crippen LogP contribution in [-0.2, 0) is 6.42 Å². The van der Waals surface area contributed by atoms with Gasteiger partial charge < -0.3 is 19.7 Å². The van der Waals surface area contributed by atoms with Gasteiger partial charge in [0.15, 0.2) is 11.5 Å². The minimum absolute atomic E-state index is 0.323. The van der Waals surface area contributed by atoms with E-state index in [-0.39, 0.29) is 0 Å². The van der Waals surface area contributed by atoms with Gasteiger partial charge in [0.25, 0.3) is 0 Å². The van der Waals surface area contributed by atoms with Gasteiger partial charge in [-0.2, -0.15) is 0 Å². The van der Waals surface area contributed by atoms with E-state index in [1.165, 1.54) is 0 Å². The first kappa shape index (κ1) is 11.9. The quantitative estimate of drug-likeness (QED) is 0.898. The van der Waals surface area contributed by atoms with Crippen molar-refractivity contribution >= 4 is 5.88 Å². The molecule has 0 unspecified atom stereocenters. The summed E-state index contributed by atoms with van der Waals surface area (Å²) in [5.74, 6) is 1.94. The van der Waals surface area contributed by atoms with Crippen molar-refractivity contribution in [3.63, 3.8) is 0 Å². The number of hydrogen-bond acceptors (Lipinski definition) is 5. The number of fused-ring (bicyclic) bond motifs is 1. The molecule has 1 aromatic carbocycles. The molecular weight excluding hydrogens is 244 g/mol. The molecule has 1 aromatic heterocycles. The topological polar surface area (TPSA) is 70.5 Å². The lowest BCUT2D eigenvalue weighted by molar-refractivity contribution is 0.296. The normalized spacial score (nSPS) is 14.2. The molecule has 100 valence electrons. The molecule has 5 nitrogen and oxygen atoms in total. The van der Waals surface area contributed by atoms with Crippen molar-refractivity contribution in [1.29, 1.82) is 0 Å². The number of anilines is 1. The van der Waals surface area contributed by atoms with Crippen LogP contribution in [0.25, 0.3) is 11.1 Å². The molecule has 0 atom stereocenters. The minimum atomic E-state index is 0.323. The van der Waals surface area contributed by atoms with Crippen molar-refractivity contribution in [3.05, 3.63) is 23.9 Å². The molecule has 0 amide bonds. The highest BCUT2D eigenvalue weighted by atomic mass is 16.5. The fourth-order valence-electron chi connectivity index (χ4n) is 2.35. The third-order valence-corrected chi connectivity index (χ3v) is 3.26. The van der Waals surface area contributed by atoms with Crippen molar-refractivity contribution in [2.45, 2.75) is 19.8 Å². The lowest BCUT2D eigenvalue weighted by atomic mass is 9.98. The average Bonchev–Trinajstić information content (AvgIpc) is 2.71. The Kier molecular flexibility index (Phi) is 3.03. The van der Waals surface area contributed by atoms with Gasteiger partial charge in [0.1, 0.15) is 0 Å². The van der Waals surface area contributed by atoms with E-state index in [9.17, 15) is 0 Å². The second-order valence-corrected chi connectivity index (χ2v) is 4.43. The summed E-state index contributed by atoms with van der Waals surface area (Å²) in [6.45, 7) is 3.44. The second-order valence-electron chi connectivity index (χ2n) is 4.43. The number of rotatable bonds is 2. The maximum atomic E-state index is 5.83. The van der Waals surface area contributed by atoms with E-state index in [0.717, 1.165) is 41.0 Å². The summed E-state index contributed by atoms with van der Waals surface area (Å²) in [5.41, 5.74) is 8.67. The van der Waals surface area contributed by atoms with Crippen LogP contribution in [0.3, 0.4) is 0 Å². The van der Waals surface area contributed by atoms with Crippen molar-refractivity contribution in [2.24, 2.45) is 0 Å². The van der Waals surface area contributed by atoms with E-state index < -0.39 is 0 Å². The first-order chi connectivity index (χ1) is 9.31. The van der Waals surface area contributed by atoms with Crippen LogP contribution in [0.4, 0.5) is 5.88 Å². The maximum absolute atomic E-state index is 5.83. The second kappa shape index (κ2) is 4.84. The number of hydrogen-bond donors (Lipinski definition) is 1. The zero-order valence-electron chi connectivity index (χ0n) is 10.8. The summed E-state index contributed by atoms with van der Waals surface area (Å²) in [7, 11) is 0. The standard InChI is InChI=1S/C14H16N2O3/c1-2-9-10(11-8-16-19-14(11)15)4-5-12-13(9)18-7-3-6-17-12/h4-5,8H,2-3,6-7,15H2,1H3. The third kappa shape index (κ3) is 2.01. The van der Waals surface area contributed by atoms with Gasteiger partial charge in [-0.3, -0.25) is 0 Å². The maximum Gasteiger partial charge on any atom is 0.229 e. The van der Waals surface area contributed by atoms with Crippen LogP contribution >= 0.6 is 0 Å². The van der Waals surface area contributed by atoms with Crippen LogP contribution < -0.4 is 15.2 Å². The molecule has 2 aromatic rings. The summed E-state index contributed by atoms with van der Waals surface area (Å²) >= 11 is 0. The van der Waals surface area contributed by atoms with E-state index >= 15 is 0 Å². The van der Waals surface area contributed by atoms with E-state index in [2.05, 4.69) is 12.1 Å². The number of ether oxygens (including phenoxy) is 2. The van der Waals surface area contributed by atoms with Gasteiger partial charge in [0, 0.05) is 12.0 Å². The Morgan fingerprint density at radius 2 is 2.05 bits per heavy atom. The molecule has 0 bridgehead atoms. The molecular formula is C14H16N2O3. The van der Waals surface area contributed by atoms with E-state index in [4.69, 9.17) is 19.7 Å². The number of nitrogens with zero attached hydrogens (tertiary/aromatic N) is 1. The van der Waals surface area contributed by atoms with Crippen LogP contribution in [-0.4, -0.2) is 18.4 Å². The van der Waals surface area contributed by atoms with Gasteiger partial charge in [0.2, 0.25) is 5.88 Å². The molecule has 0 spiro atoms. The molecule has 0 radical (unpaired) electrons. The highest BCUT2D eigenvalue weighted by Crippen LogP contribution is 2.41. The molecule has 0 saturated heterocycles. The number of nitrogen functional groups attached to an aromatic ring is 1. The molecule has 19 heavy (non-hydrogen) atoms. The van der Waals surface area contributed by atoms with Crippen LogP contribution in [0.2, 0.25) is 0 Å². The van der Waals surface area contributed by atoms with Gasteiger partial charge in [-0.1, -0.05) is 12.1 Å². The summed E-state index contributed by atoms with van der Waals surface area (Å²) < 4.78 is 16.5. The SMILES string of the molecule is CCc1c(-c2cnoc2N)ccc2c1OCCCO2. The highest BCUT2D eigenvalue weighted by Gasteiger charge is 2.20. The lowest BCUT2D eigenvalue weighted by Crippen LogP contribution is -1.99. The molecule has 2 heterocycles. The number of aromatic nitrogens is 1. The molecule has 5 heteroatoms. The van der Waals surface area contributed by atoms with Crippen LogP contribution in [0.1, 0.15) is 18.9 Å². The summed E-state index contributed by atoms with van der Waals surface area (Å²) in [6.07, 6.45) is 3.35. The van der Waals surface area contributed by atoms with Gasteiger partial charge in [-0.05, 0) is 24.1 Å². The largest absolute Gasteiger partial charge is 0.490 e. The Bertz CT molecular complexity index is 592. The fourth-order valence-corrected chi connectivity index (χ4v) is 2.35. The van der Waals surface area contributed by atoms with Gasteiger partial charge >= 0.3 is 0 Å². The van der Waals surface area contributed by atoms with Crippen LogP contribution in [0.15, 0.2) is 22.9 Å². The average molecular weight is 260 g/mol. The van der Waals surface area contributed by atoms with Crippen LogP contribution in [0, 0.1) is 0 Å². The Hall–Kier alpha value is -2.17. The Morgan fingerprint density at radius 1 is 1.21 bits per heavy atom. The third-order valence-electron chi connectivity index (χ3n) is 3.26. The molecule has 3 rings (SSSR count). The molecule has 0 fully saturated rings. The molecule has 0 aliphatic carbocycles. The number of nitrogens with two attached hydrogens (primary N) is 1. The van der Waals surface area contributed by atoms with Gasteiger partial charge in [-0.25, -0.2) is 0 Å². The minimum Gasteiger partial charge on any atom is -0.490 e. The van der Waals surface area contributed by atoms with Gasteiger partial charge in [-0.15, -0.1) is 0 Å². The smallest absolute Gasteiger partial charge is 0.229 e. The fraction of sp³-hybridized carbons (Fsp3) is 0.357. The molecule has 2 N–H and O–H groups in total. The summed E-state index contributed by atoms with van der Waals surface area (Å²) in [4.78, 5) is 0. The van der Waals surface area contributed by atoms with E-state index in [1.807, 2.05) is 12.1 Å². The van der Waals surface area contributed by atoms with Gasteiger partial charge in [0.05, 0.1) is 25.0 Å². The molecule has 1 aliphatic rings. The highest BCUT2D eigenvalue weighted by molar-refractivity contribution is 5.78. The monoisotopic (exact) mass is 260 g/mol. The van der Waals surface area contributed by atoms with Crippen molar-refractivity contribution in [2.75, 3.05) is 18.9 Å². The lowest BCUT2D eigenvalue weighted by Gasteiger charge is -2.15. The predicted molar refractivity (Wildman–Crippen MR) is 71.3 cm³/mol. The molecule has 0 saturated carbocycles. The first-order valence-electron chi connectivity index (χ1n) is 6.43. The van der Waals surface area contributed by atoms with E-state index in [0.29, 0.717) is 19.1 Å². The molecule has 1 aliphatic heterocycles. The Balaban J connectivity index is 2.16. The zero-order valence-corrected chi connectivity index (χ0v) is 10.8. The van der Waals surface area contributed by atoms with Crippen LogP contribution in [0.5, 0.6) is 11.5 Å². The number of benzene rings is 1. The Morgan fingerprint density at radius 3 is 2.79 bits per heavy atom. The van der Waals surface area contributed by atoms with E-state index in [1.54, 1.807) is 6.20 Å². The summed E-state index contributed by atoms with van der Waals surface area (Å²) in [6, 6.07) is 3.90. The predicted octanol–water partition coefficient (Wildman–Crippen LogP) is 2.65. The zero-order chi connectivity index (χ0) is 13.2. The van der Waals surface area contributed by atoms with Crippen molar-refractivity contribution in [1.82, 2.24) is 5.16 Å². The summed E-state index contributed by atoms with van der Waals surface area (Å²) in [5, 5.41) is 3.73. The Labute approximate surface area is 111 Å². The van der Waals surface area contributed by atoms with Crippen molar-refractivity contribution in [3.8, 4) is 22.6 Å². The van der Waals surface area contributed by atoms with Crippen molar-refractivity contribution < 1.29 is 14.0 Å².